The molecule has 1 saturated heterocycles. The van der Waals surface area contributed by atoms with Crippen molar-refractivity contribution in [2.24, 2.45) is 0 Å². The van der Waals surface area contributed by atoms with E-state index in [4.69, 9.17) is 0 Å². The number of sulfone groups is 1. The smallest absolute Gasteiger partial charge is 0.225 e. The summed E-state index contributed by atoms with van der Waals surface area (Å²) >= 11 is 0. The average molecular weight is 361 g/mol. The third-order valence-electron chi connectivity index (χ3n) is 4.32. The predicted molar refractivity (Wildman–Crippen MR) is 96.3 cm³/mol. The first-order valence-electron chi connectivity index (χ1n) is 8.34. The molecule has 1 aliphatic rings. The Bertz CT molecular complexity index is 820. The first kappa shape index (κ1) is 17.8. The Morgan fingerprint density at radius 1 is 1.32 bits per heavy atom. The molecule has 134 valence electrons. The first-order chi connectivity index (χ1) is 11.9. The van der Waals surface area contributed by atoms with Gasteiger partial charge in [-0.1, -0.05) is 6.07 Å². The van der Waals surface area contributed by atoms with Gasteiger partial charge in [0, 0.05) is 32.0 Å². The van der Waals surface area contributed by atoms with E-state index in [0.717, 1.165) is 31.6 Å². The summed E-state index contributed by atoms with van der Waals surface area (Å²) in [6, 6.07) is 5.74. The SMILES string of the molecule is CN(Cc1ccccn1)c1ncc(S(C)(=O)=O)c(C2CCCNC2)n1. The molecule has 0 aromatic carbocycles. The maximum Gasteiger partial charge on any atom is 0.225 e. The molecule has 3 heterocycles. The van der Waals surface area contributed by atoms with Gasteiger partial charge in [0.1, 0.15) is 4.90 Å². The van der Waals surface area contributed by atoms with Crippen molar-refractivity contribution in [1.82, 2.24) is 20.3 Å². The van der Waals surface area contributed by atoms with Crippen molar-refractivity contribution in [3.8, 4) is 0 Å². The summed E-state index contributed by atoms with van der Waals surface area (Å²) in [7, 11) is -1.49. The van der Waals surface area contributed by atoms with E-state index < -0.39 is 9.84 Å². The summed E-state index contributed by atoms with van der Waals surface area (Å²) < 4.78 is 24.3. The summed E-state index contributed by atoms with van der Waals surface area (Å²) in [6.07, 6.45) is 6.34. The van der Waals surface area contributed by atoms with Gasteiger partial charge in [0.25, 0.3) is 0 Å². The highest BCUT2D eigenvalue weighted by molar-refractivity contribution is 7.90. The van der Waals surface area contributed by atoms with Crippen molar-refractivity contribution < 1.29 is 8.42 Å². The number of hydrogen-bond acceptors (Lipinski definition) is 7. The molecule has 0 radical (unpaired) electrons. The Labute approximate surface area is 148 Å². The second-order valence-corrected chi connectivity index (χ2v) is 8.40. The number of pyridine rings is 1. The van der Waals surface area contributed by atoms with Crippen LogP contribution in [0.3, 0.4) is 0 Å². The molecule has 3 rings (SSSR count). The summed E-state index contributed by atoms with van der Waals surface area (Å²) in [4.78, 5) is 15.3. The number of piperidine rings is 1. The summed E-state index contributed by atoms with van der Waals surface area (Å²) in [5.74, 6) is 0.599. The quantitative estimate of drug-likeness (QED) is 0.860. The number of nitrogens with one attached hydrogen (secondary N) is 1. The predicted octanol–water partition coefficient (Wildman–Crippen LogP) is 1.38. The van der Waals surface area contributed by atoms with E-state index in [1.54, 1.807) is 6.20 Å². The Hall–Kier alpha value is -2.06. The van der Waals surface area contributed by atoms with Gasteiger partial charge in [-0.25, -0.2) is 18.4 Å². The molecule has 0 saturated carbocycles. The van der Waals surface area contributed by atoms with E-state index in [-0.39, 0.29) is 10.8 Å². The topological polar surface area (TPSA) is 88.1 Å². The van der Waals surface area contributed by atoms with E-state index in [0.29, 0.717) is 18.2 Å². The fourth-order valence-corrected chi connectivity index (χ4v) is 3.86. The molecule has 0 bridgehead atoms. The van der Waals surface area contributed by atoms with Gasteiger partial charge in [-0.15, -0.1) is 0 Å². The van der Waals surface area contributed by atoms with Gasteiger partial charge < -0.3 is 10.2 Å². The van der Waals surface area contributed by atoms with Crippen LogP contribution >= 0.6 is 0 Å². The molecule has 25 heavy (non-hydrogen) atoms. The number of aromatic nitrogens is 3. The molecule has 7 nitrogen and oxygen atoms in total. The lowest BCUT2D eigenvalue weighted by Crippen LogP contribution is -2.30. The van der Waals surface area contributed by atoms with Gasteiger partial charge in [0.2, 0.25) is 5.95 Å². The number of nitrogens with zero attached hydrogens (tertiary/aromatic N) is 4. The molecule has 0 aliphatic carbocycles. The van der Waals surface area contributed by atoms with Crippen LogP contribution < -0.4 is 10.2 Å². The van der Waals surface area contributed by atoms with Gasteiger partial charge >= 0.3 is 0 Å². The van der Waals surface area contributed by atoms with Gasteiger partial charge in [0.05, 0.1) is 24.1 Å². The van der Waals surface area contributed by atoms with Crippen molar-refractivity contribution >= 4 is 15.8 Å². The van der Waals surface area contributed by atoms with Crippen LogP contribution in [0, 0.1) is 0 Å². The maximum absolute atomic E-state index is 12.1. The van der Waals surface area contributed by atoms with E-state index in [2.05, 4.69) is 20.3 Å². The zero-order valence-electron chi connectivity index (χ0n) is 14.5. The molecule has 1 unspecified atom stereocenters. The molecule has 0 amide bonds. The Morgan fingerprint density at radius 3 is 2.80 bits per heavy atom. The number of rotatable bonds is 5. The molecule has 0 spiro atoms. The molecule has 1 N–H and O–H groups in total. The van der Waals surface area contributed by atoms with Crippen LogP contribution in [0.15, 0.2) is 35.5 Å². The average Bonchev–Trinajstić information content (AvgIpc) is 2.62. The van der Waals surface area contributed by atoms with Crippen LogP contribution in [-0.4, -0.2) is 49.8 Å². The largest absolute Gasteiger partial charge is 0.338 e. The van der Waals surface area contributed by atoms with Crippen LogP contribution in [0.2, 0.25) is 0 Å². The summed E-state index contributed by atoms with van der Waals surface area (Å²) in [5, 5.41) is 3.32. The molecule has 1 fully saturated rings. The van der Waals surface area contributed by atoms with Gasteiger partial charge in [-0.2, -0.15) is 0 Å². The minimum Gasteiger partial charge on any atom is -0.338 e. The zero-order chi connectivity index (χ0) is 17.9. The highest BCUT2D eigenvalue weighted by Gasteiger charge is 2.25. The van der Waals surface area contributed by atoms with E-state index in [1.807, 2.05) is 30.1 Å². The van der Waals surface area contributed by atoms with Crippen LogP contribution in [0.5, 0.6) is 0 Å². The Morgan fingerprint density at radius 2 is 2.16 bits per heavy atom. The van der Waals surface area contributed by atoms with Crippen molar-refractivity contribution in [2.75, 3.05) is 31.3 Å². The lowest BCUT2D eigenvalue weighted by Gasteiger charge is -2.25. The van der Waals surface area contributed by atoms with E-state index in [1.165, 1.54) is 12.5 Å². The van der Waals surface area contributed by atoms with Gasteiger partial charge in [-0.3, -0.25) is 4.98 Å². The third-order valence-corrected chi connectivity index (χ3v) is 5.43. The monoisotopic (exact) mass is 361 g/mol. The molecular formula is C17H23N5O2S. The molecule has 2 aromatic rings. The van der Waals surface area contributed by atoms with Gasteiger partial charge in [0.15, 0.2) is 9.84 Å². The number of anilines is 1. The van der Waals surface area contributed by atoms with E-state index in [9.17, 15) is 8.42 Å². The lowest BCUT2D eigenvalue weighted by molar-refractivity contribution is 0.447. The maximum atomic E-state index is 12.1. The molecule has 1 aliphatic heterocycles. The van der Waals surface area contributed by atoms with Crippen LogP contribution in [-0.2, 0) is 16.4 Å². The van der Waals surface area contributed by atoms with Crippen LogP contribution in [0.25, 0.3) is 0 Å². The van der Waals surface area contributed by atoms with Crippen molar-refractivity contribution in [3.63, 3.8) is 0 Å². The van der Waals surface area contributed by atoms with Crippen molar-refractivity contribution in [3.05, 3.63) is 42.0 Å². The van der Waals surface area contributed by atoms with Crippen molar-refractivity contribution in [1.29, 1.82) is 0 Å². The second-order valence-electron chi connectivity index (χ2n) is 6.41. The van der Waals surface area contributed by atoms with Crippen LogP contribution in [0.4, 0.5) is 5.95 Å². The first-order valence-corrected chi connectivity index (χ1v) is 10.2. The number of hydrogen-bond donors (Lipinski definition) is 1. The summed E-state index contributed by atoms with van der Waals surface area (Å²) in [5.41, 5.74) is 1.52. The highest BCUT2D eigenvalue weighted by Crippen LogP contribution is 2.28. The molecule has 1 atom stereocenters. The third kappa shape index (κ3) is 4.32. The standard InChI is InChI=1S/C17H23N5O2S/c1-22(12-14-7-3-4-9-19-14)17-20-11-15(25(2,23)24)16(21-17)13-6-5-8-18-10-13/h3-4,7,9,11,13,18H,5-6,8,10,12H2,1-2H3. The fraction of sp³-hybridized carbons (Fsp3) is 0.471. The minimum atomic E-state index is -3.37. The van der Waals surface area contributed by atoms with Crippen LogP contribution in [0.1, 0.15) is 30.1 Å². The molecular weight excluding hydrogens is 338 g/mol. The van der Waals surface area contributed by atoms with Crippen molar-refractivity contribution in [2.45, 2.75) is 30.2 Å². The normalized spacial score (nSPS) is 18.1. The Kier molecular flexibility index (Phi) is 5.29. The lowest BCUT2D eigenvalue weighted by atomic mass is 9.96. The Balaban J connectivity index is 1.92. The second kappa shape index (κ2) is 7.45. The minimum absolute atomic E-state index is 0.0866. The van der Waals surface area contributed by atoms with E-state index >= 15 is 0 Å². The molecule has 2 aromatic heterocycles. The molecule has 8 heteroatoms. The zero-order valence-corrected chi connectivity index (χ0v) is 15.3. The fourth-order valence-electron chi connectivity index (χ4n) is 3.03. The van der Waals surface area contributed by atoms with Gasteiger partial charge in [-0.05, 0) is 31.5 Å². The summed E-state index contributed by atoms with van der Waals surface area (Å²) in [6.45, 7) is 2.26. The highest BCUT2D eigenvalue weighted by atomic mass is 32.2.